The summed E-state index contributed by atoms with van der Waals surface area (Å²) in [6, 6.07) is 15.2. The van der Waals surface area contributed by atoms with E-state index in [1.165, 1.54) is 0 Å². The number of aryl methyl sites for hydroxylation is 1. The highest BCUT2D eigenvalue weighted by molar-refractivity contribution is 5.82. The van der Waals surface area contributed by atoms with E-state index in [1.807, 2.05) is 48.2 Å². The summed E-state index contributed by atoms with van der Waals surface area (Å²) in [7, 11) is 0. The van der Waals surface area contributed by atoms with Gasteiger partial charge in [0.25, 0.3) is 0 Å². The summed E-state index contributed by atoms with van der Waals surface area (Å²) in [6.45, 7) is 5.14. The van der Waals surface area contributed by atoms with Gasteiger partial charge in [-0.25, -0.2) is 0 Å². The van der Waals surface area contributed by atoms with Gasteiger partial charge in [0.2, 0.25) is 0 Å². The van der Waals surface area contributed by atoms with Crippen LogP contribution in [0, 0.1) is 6.92 Å². The first-order valence-corrected chi connectivity index (χ1v) is 8.78. The monoisotopic (exact) mass is 351 g/mol. The van der Waals surface area contributed by atoms with Crippen LogP contribution in [-0.4, -0.2) is 26.3 Å². The first kappa shape index (κ1) is 16.7. The van der Waals surface area contributed by atoms with Crippen LogP contribution in [0.5, 0.6) is 5.75 Å². The largest absolute Gasteiger partial charge is 0.489 e. The molecule has 1 fully saturated rings. The van der Waals surface area contributed by atoms with E-state index in [0.29, 0.717) is 42.4 Å². The Morgan fingerprint density at radius 1 is 1.08 bits per heavy atom. The van der Waals surface area contributed by atoms with Gasteiger partial charge in [-0.05, 0) is 30.2 Å². The summed E-state index contributed by atoms with van der Waals surface area (Å²) in [6.07, 6.45) is 0. The molecule has 0 saturated carbocycles. The Balaban J connectivity index is 1.64. The molecule has 0 bridgehead atoms. The Labute approximate surface area is 151 Å². The van der Waals surface area contributed by atoms with Gasteiger partial charge in [-0.1, -0.05) is 30.3 Å². The van der Waals surface area contributed by atoms with Crippen LogP contribution >= 0.6 is 0 Å². The van der Waals surface area contributed by atoms with E-state index in [0.717, 1.165) is 24.2 Å². The van der Waals surface area contributed by atoms with E-state index in [9.17, 15) is 4.79 Å². The molecule has 1 aliphatic heterocycles. The van der Waals surface area contributed by atoms with Crippen LogP contribution in [0.1, 0.15) is 11.1 Å². The van der Waals surface area contributed by atoms with Crippen molar-refractivity contribution in [3.63, 3.8) is 0 Å². The minimum Gasteiger partial charge on any atom is -0.489 e. The third-order valence-electron chi connectivity index (χ3n) is 4.55. The highest BCUT2D eigenvalue weighted by Crippen LogP contribution is 2.27. The molecule has 0 aliphatic carbocycles. The topological polar surface area (TPSA) is 51.9 Å². The molecule has 0 unspecified atom stereocenters. The van der Waals surface area contributed by atoms with Gasteiger partial charge in [-0.15, -0.1) is 0 Å². The number of benzene rings is 2. The van der Waals surface area contributed by atoms with Gasteiger partial charge in [0.15, 0.2) is 11.3 Å². The number of nitrogens with zero attached hydrogens (tertiary/aromatic N) is 1. The second-order valence-electron chi connectivity index (χ2n) is 6.44. The third-order valence-corrected chi connectivity index (χ3v) is 4.55. The SMILES string of the molecule is Cc1cc(OCc2ccccc2)cc2c(=O)cc(N3CCOCC3)oc12. The first-order chi connectivity index (χ1) is 12.7. The van der Waals surface area contributed by atoms with E-state index >= 15 is 0 Å². The van der Waals surface area contributed by atoms with E-state index in [-0.39, 0.29) is 5.43 Å². The maximum absolute atomic E-state index is 12.6. The number of fused-ring (bicyclic) bond motifs is 1. The van der Waals surface area contributed by atoms with Crippen molar-refractivity contribution in [3.8, 4) is 5.75 Å². The number of ether oxygens (including phenoxy) is 2. The molecule has 3 aromatic rings. The molecule has 1 aliphatic rings. The van der Waals surface area contributed by atoms with Crippen molar-refractivity contribution in [2.75, 3.05) is 31.2 Å². The highest BCUT2D eigenvalue weighted by atomic mass is 16.5. The van der Waals surface area contributed by atoms with Crippen molar-refractivity contribution in [2.24, 2.45) is 0 Å². The van der Waals surface area contributed by atoms with Gasteiger partial charge in [0, 0.05) is 19.2 Å². The van der Waals surface area contributed by atoms with Crippen LogP contribution in [0.2, 0.25) is 0 Å². The molecule has 5 heteroatoms. The van der Waals surface area contributed by atoms with Gasteiger partial charge in [0.1, 0.15) is 17.9 Å². The van der Waals surface area contributed by atoms with Gasteiger partial charge < -0.3 is 18.8 Å². The van der Waals surface area contributed by atoms with E-state index < -0.39 is 0 Å². The summed E-state index contributed by atoms with van der Waals surface area (Å²) in [5.74, 6) is 1.28. The molecule has 2 heterocycles. The predicted molar refractivity (Wildman–Crippen MR) is 101 cm³/mol. The standard InChI is InChI=1S/C21H21NO4/c1-15-11-17(25-14-16-5-3-2-4-6-16)12-18-19(23)13-20(26-21(15)18)22-7-9-24-10-8-22/h2-6,11-13H,7-10,14H2,1H3. The van der Waals surface area contributed by atoms with Crippen molar-refractivity contribution < 1.29 is 13.9 Å². The van der Waals surface area contributed by atoms with Crippen molar-refractivity contribution in [1.82, 2.24) is 0 Å². The number of anilines is 1. The average molecular weight is 351 g/mol. The Morgan fingerprint density at radius 2 is 1.85 bits per heavy atom. The maximum atomic E-state index is 12.6. The minimum atomic E-state index is -0.0546. The molecule has 0 N–H and O–H groups in total. The molecule has 2 aromatic carbocycles. The fourth-order valence-electron chi connectivity index (χ4n) is 3.15. The zero-order chi connectivity index (χ0) is 17.9. The highest BCUT2D eigenvalue weighted by Gasteiger charge is 2.17. The van der Waals surface area contributed by atoms with Crippen LogP contribution in [-0.2, 0) is 11.3 Å². The van der Waals surface area contributed by atoms with Crippen LogP contribution in [0.25, 0.3) is 11.0 Å². The maximum Gasteiger partial charge on any atom is 0.200 e. The molecule has 5 nitrogen and oxygen atoms in total. The molecule has 0 radical (unpaired) electrons. The predicted octanol–water partition coefficient (Wildman–Crippen LogP) is 3.52. The number of rotatable bonds is 4. The summed E-state index contributed by atoms with van der Waals surface area (Å²) in [5.41, 5.74) is 2.53. The van der Waals surface area contributed by atoms with E-state index in [4.69, 9.17) is 13.9 Å². The molecule has 0 spiro atoms. The van der Waals surface area contributed by atoms with Gasteiger partial charge in [-0.2, -0.15) is 0 Å². The molecule has 0 amide bonds. The Bertz CT molecular complexity index is 959. The second-order valence-corrected chi connectivity index (χ2v) is 6.44. The Hall–Kier alpha value is -2.79. The summed E-state index contributed by atoms with van der Waals surface area (Å²) in [5, 5.41) is 0.546. The zero-order valence-corrected chi connectivity index (χ0v) is 14.7. The summed E-state index contributed by atoms with van der Waals surface area (Å²) < 4.78 is 17.3. The van der Waals surface area contributed by atoms with Crippen molar-refractivity contribution >= 4 is 16.9 Å². The van der Waals surface area contributed by atoms with Crippen molar-refractivity contribution in [1.29, 1.82) is 0 Å². The molecule has 1 aromatic heterocycles. The van der Waals surface area contributed by atoms with Crippen LogP contribution < -0.4 is 15.1 Å². The lowest BCUT2D eigenvalue weighted by molar-refractivity contribution is 0.121. The van der Waals surface area contributed by atoms with Crippen LogP contribution in [0.4, 0.5) is 5.88 Å². The molecule has 0 atom stereocenters. The Kier molecular flexibility index (Phi) is 4.63. The van der Waals surface area contributed by atoms with Crippen molar-refractivity contribution in [3.05, 3.63) is 69.9 Å². The lowest BCUT2D eigenvalue weighted by Gasteiger charge is -2.27. The van der Waals surface area contributed by atoms with E-state index in [2.05, 4.69) is 0 Å². The second kappa shape index (κ2) is 7.22. The van der Waals surface area contributed by atoms with Gasteiger partial charge in [-0.3, -0.25) is 4.79 Å². The first-order valence-electron chi connectivity index (χ1n) is 8.78. The number of hydrogen-bond acceptors (Lipinski definition) is 5. The zero-order valence-electron chi connectivity index (χ0n) is 14.7. The molecule has 26 heavy (non-hydrogen) atoms. The normalized spacial score (nSPS) is 14.6. The number of morpholine rings is 1. The molecule has 4 rings (SSSR count). The molecule has 134 valence electrons. The smallest absolute Gasteiger partial charge is 0.200 e. The average Bonchev–Trinajstić information content (AvgIpc) is 2.68. The summed E-state index contributed by atoms with van der Waals surface area (Å²) >= 11 is 0. The van der Waals surface area contributed by atoms with Crippen LogP contribution in [0.3, 0.4) is 0 Å². The lowest BCUT2D eigenvalue weighted by Crippen LogP contribution is -2.36. The van der Waals surface area contributed by atoms with Gasteiger partial charge >= 0.3 is 0 Å². The lowest BCUT2D eigenvalue weighted by atomic mass is 10.1. The van der Waals surface area contributed by atoms with E-state index in [1.54, 1.807) is 12.1 Å². The minimum absolute atomic E-state index is 0.0546. The fourth-order valence-corrected chi connectivity index (χ4v) is 3.15. The van der Waals surface area contributed by atoms with Crippen molar-refractivity contribution in [2.45, 2.75) is 13.5 Å². The number of hydrogen-bond donors (Lipinski definition) is 0. The quantitative estimate of drug-likeness (QED) is 0.720. The molecular weight excluding hydrogens is 330 g/mol. The molecular formula is C21H21NO4. The Morgan fingerprint density at radius 3 is 2.62 bits per heavy atom. The fraction of sp³-hybridized carbons (Fsp3) is 0.286. The third kappa shape index (κ3) is 3.44. The van der Waals surface area contributed by atoms with Crippen LogP contribution in [0.15, 0.2) is 57.7 Å². The molecule has 1 saturated heterocycles. The summed E-state index contributed by atoms with van der Waals surface area (Å²) in [4.78, 5) is 14.7. The van der Waals surface area contributed by atoms with Gasteiger partial charge in [0.05, 0.1) is 18.6 Å².